The number of aryl methyl sites for hydroxylation is 1. The van der Waals surface area contributed by atoms with Crippen LogP contribution in [0.1, 0.15) is 5.82 Å². The van der Waals surface area contributed by atoms with Crippen LogP contribution in [0, 0.1) is 0 Å². The Labute approximate surface area is 96.0 Å². The van der Waals surface area contributed by atoms with E-state index in [-0.39, 0.29) is 0 Å². The fourth-order valence-electron chi connectivity index (χ4n) is 1.16. The third-order valence-electron chi connectivity index (χ3n) is 1.97. The molecule has 5 heteroatoms. The summed E-state index contributed by atoms with van der Waals surface area (Å²) in [5, 5.41) is 3.96. The molecule has 2 rings (SSSR count). The number of hydrogen-bond donors (Lipinski definition) is 0. The molecule has 0 amide bonds. The first kappa shape index (κ1) is 10.2. The van der Waals surface area contributed by atoms with Crippen LogP contribution in [0.5, 0.6) is 5.75 Å². The van der Waals surface area contributed by atoms with Gasteiger partial charge in [0.2, 0.25) is 0 Å². The van der Waals surface area contributed by atoms with Gasteiger partial charge in [-0.05, 0) is 18.2 Å². The number of benzene rings is 1. The average Bonchev–Trinajstić information content (AvgIpc) is 2.61. The van der Waals surface area contributed by atoms with E-state index >= 15 is 0 Å². The van der Waals surface area contributed by atoms with Crippen LogP contribution in [-0.2, 0) is 13.7 Å². The molecule has 0 spiro atoms. The Balaban J connectivity index is 2.02. The summed E-state index contributed by atoms with van der Waals surface area (Å²) < 4.78 is 8.25. The standard InChI is InChI=1S/C10H10BrN3O/c1-14-10(12-7-13-14)6-15-9-4-2-3-8(11)5-9/h2-5,7H,6H2,1H3. The highest BCUT2D eigenvalue weighted by Crippen LogP contribution is 2.18. The molecule has 4 nitrogen and oxygen atoms in total. The first-order valence-electron chi connectivity index (χ1n) is 4.47. The number of rotatable bonds is 3. The Hall–Kier alpha value is -1.36. The van der Waals surface area contributed by atoms with Crippen molar-refractivity contribution in [1.29, 1.82) is 0 Å². The number of halogens is 1. The van der Waals surface area contributed by atoms with Crippen molar-refractivity contribution in [2.24, 2.45) is 7.05 Å². The van der Waals surface area contributed by atoms with Crippen LogP contribution in [0.4, 0.5) is 0 Å². The van der Waals surface area contributed by atoms with Crippen molar-refractivity contribution in [1.82, 2.24) is 14.8 Å². The first-order valence-corrected chi connectivity index (χ1v) is 5.26. The van der Waals surface area contributed by atoms with Gasteiger partial charge in [-0.3, -0.25) is 4.68 Å². The van der Waals surface area contributed by atoms with Crippen LogP contribution in [-0.4, -0.2) is 14.8 Å². The van der Waals surface area contributed by atoms with Crippen molar-refractivity contribution in [3.8, 4) is 5.75 Å². The van der Waals surface area contributed by atoms with Gasteiger partial charge in [-0.2, -0.15) is 5.10 Å². The fourth-order valence-corrected chi connectivity index (χ4v) is 1.53. The smallest absolute Gasteiger partial charge is 0.164 e. The summed E-state index contributed by atoms with van der Waals surface area (Å²) in [7, 11) is 1.84. The summed E-state index contributed by atoms with van der Waals surface area (Å²) in [6.07, 6.45) is 1.51. The highest BCUT2D eigenvalue weighted by molar-refractivity contribution is 9.10. The van der Waals surface area contributed by atoms with Gasteiger partial charge in [-0.25, -0.2) is 4.98 Å². The molecule has 0 radical (unpaired) electrons. The maximum atomic E-state index is 5.56. The minimum Gasteiger partial charge on any atom is -0.486 e. The molecule has 78 valence electrons. The van der Waals surface area contributed by atoms with Gasteiger partial charge in [0.1, 0.15) is 18.7 Å². The third-order valence-corrected chi connectivity index (χ3v) is 2.46. The minimum atomic E-state index is 0.424. The summed E-state index contributed by atoms with van der Waals surface area (Å²) in [5.41, 5.74) is 0. The summed E-state index contributed by atoms with van der Waals surface area (Å²) in [5.74, 6) is 1.61. The number of hydrogen-bond acceptors (Lipinski definition) is 3. The summed E-state index contributed by atoms with van der Waals surface area (Å²) in [6, 6.07) is 7.70. The van der Waals surface area contributed by atoms with Gasteiger partial charge in [0.15, 0.2) is 5.82 Å². The van der Waals surface area contributed by atoms with Gasteiger partial charge in [-0.1, -0.05) is 22.0 Å². The quantitative estimate of drug-likeness (QED) is 0.856. The maximum Gasteiger partial charge on any atom is 0.164 e. The zero-order valence-electron chi connectivity index (χ0n) is 8.22. The second-order valence-electron chi connectivity index (χ2n) is 3.05. The molecular formula is C10H10BrN3O. The van der Waals surface area contributed by atoms with Crippen LogP contribution >= 0.6 is 15.9 Å². The Kier molecular flexibility index (Phi) is 3.01. The van der Waals surface area contributed by atoms with Gasteiger partial charge in [0.05, 0.1) is 0 Å². The predicted molar refractivity (Wildman–Crippen MR) is 59.5 cm³/mol. The second-order valence-corrected chi connectivity index (χ2v) is 3.96. The van der Waals surface area contributed by atoms with Crippen molar-refractivity contribution >= 4 is 15.9 Å². The molecule has 0 bridgehead atoms. The van der Waals surface area contributed by atoms with E-state index in [2.05, 4.69) is 26.0 Å². The summed E-state index contributed by atoms with van der Waals surface area (Å²) >= 11 is 3.38. The largest absolute Gasteiger partial charge is 0.486 e. The van der Waals surface area contributed by atoms with E-state index in [0.29, 0.717) is 6.61 Å². The zero-order valence-corrected chi connectivity index (χ0v) is 9.81. The van der Waals surface area contributed by atoms with Crippen molar-refractivity contribution in [2.75, 3.05) is 0 Å². The summed E-state index contributed by atoms with van der Waals surface area (Å²) in [4.78, 5) is 4.07. The Bertz CT molecular complexity index is 455. The lowest BCUT2D eigenvalue weighted by Gasteiger charge is -2.05. The Morgan fingerprint density at radius 3 is 3.00 bits per heavy atom. The molecule has 1 aromatic carbocycles. The van der Waals surface area contributed by atoms with E-state index in [1.165, 1.54) is 6.33 Å². The molecule has 15 heavy (non-hydrogen) atoms. The lowest BCUT2D eigenvalue weighted by molar-refractivity contribution is 0.289. The molecule has 0 fully saturated rings. The van der Waals surface area contributed by atoms with Gasteiger partial charge in [-0.15, -0.1) is 0 Å². The SMILES string of the molecule is Cn1ncnc1COc1cccc(Br)c1. The predicted octanol–water partition coefficient (Wildman–Crippen LogP) is 2.16. The van der Waals surface area contributed by atoms with Crippen LogP contribution < -0.4 is 4.74 Å². The van der Waals surface area contributed by atoms with Gasteiger partial charge >= 0.3 is 0 Å². The van der Waals surface area contributed by atoms with E-state index in [0.717, 1.165) is 16.0 Å². The Morgan fingerprint density at radius 2 is 2.33 bits per heavy atom. The molecular weight excluding hydrogens is 258 g/mol. The lowest BCUT2D eigenvalue weighted by Crippen LogP contribution is -2.04. The van der Waals surface area contributed by atoms with E-state index in [9.17, 15) is 0 Å². The molecule has 0 saturated heterocycles. The highest BCUT2D eigenvalue weighted by Gasteiger charge is 2.01. The van der Waals surface area contributed by atoms with Gasteiger partial charge in [0.25, 0.3) is 0 Å². The molecule has 1 heterocycles. The van der Waals surface area contributed by atoms with E-state index in [4.69, 9.17) is 4.74 Å². The molecule has 0 aliphatic heterocycles. The topological polar surface area (TPSA) is 39.9 Å². The number of nitrogens with zero attached hydrogens (tertiary/aromatic N) is 3. The van der Waals surface area contributed by atoms with Crippen molar-refractivity contribution in [2.45, 2.75) is 6.61 Å². The second kappa shape index (κ2) is 4.44. The fraction of sp³-hybridized carbons (Fsp3) is 0.200. The third kappa shape index (κ3) is 2.56. The average molecular weight is 268 g/mol. The molecule has 0 aliphatic rings. The zero-order chi connectivity index (χ0) is 10.7. The summed E-state index contributed by atoms with van der Waals surface area (Å²) in [6.45, 7) is 0.424. The molecule has 1 aromatic heterocycles. The van der Waals surface area contributed by atoms with Crippen molar-refractivity contribution in [3.05, 3.63) is 40.9 Å². The molecule has 0 aliphatic carbocycles. The number of ether oxygens (including phenoxy) is 1. The molecule has 0 unspecified atom stereocenters. The van der Waals surface area contributed by atoms with Gasteiger partial charge < -0.3 is 4.74 Å². The molecule has 2 aromatic rings. The van der Waals surface area contributed by atoms with Crippen LogP contribution in [0.25, 0.3) is 0 Å². The first-order chi connectivity index (χ1) is 7.25. The normalized spacial score (nSPS) is 10.3. The number of aromatic nitrogens is 3. The van der Waals surface area contributed by atoms with Crippen LogP contribution in [0.2, 0.25) is 0 Å². The Morgan fingerprint density at radius 1 is 1.47 bits per heavy atom. The maximum absolute atomic E-state index is 5.56. The van der Waals surface area contributed by atoms with Gasteiger partial charge in [0, 0.05) is 11.5 Å². The van der Waals surface area contributed by atoms with Crippen molar-refractivity contribution < 1.29 is 4.74 Å². The molecule has 0 N–H and O–H groups in total. The van der Waals surface area contributed by atoms with E-state index < -0.39 is 0 Å². The van der Waals surface area contributed by atoms with Crippen molar-refractivity contribution in [3.63, 3.8) is 0 Å². The highest BCUT2D eigenvalue weighted by atomic mass is 79.9. The monoisotopic (exact) mass is 267 g/mol. The molecule has 0 atom stereocenters. The minimum absolute atomic E-state index is 0.424. The van der Waals surface area contributed by atoms with E-state index in [1.807, 2.05) is 31.3 Å². The van der Waals surface area contributed by atoms with Crippen LogP contribution in [0.3, 0.4) is 0 Å². The van der Waals surface area contributed by atoms with E-state index in [1.54, 1.807) is 4.68 Å². The lowest BCUT2D eigenvalue weighted by atomic mass is 10.3. The molecule has 0 saturated carbocycles. The van der Waals surface area contributed by atoms with Crippen LogP contribution in [0.15, 0.2) is 35.1 Å².